The average molecular weight is 1020 g/mol. The number of amides is 5. The quantitative estimate of drug-likeness (QED) is 0.125. The van der Waals surface area contributed by atoms with E-state index in [0.29, 0.717) is 42.1 Å². The Morgan fingerprint density at radius 2 is 1.51 bits per heavy atom. The Balaban J connectivity index is 1.25. The number of ether oxygens (including phenoxy) is 2. The zero-order valence-electron chi connectivity index (χ0n) is 42.9. The van der Waals surface area contributed by atoms with Gasteiger partial charge in [-0.1, -0.05) is 73.0 Å². The summed E-state index contributed by atoms with van der Waals surface area (Å²) in [6, 6.07) is 24.0. The Morgan fingerprint density at radius 3 is 2.21 bits per heavy atom. The summed E-state index contributed by atoms with van der Waals surface area (Å²) in [5.41, 5.74) is 3.86. The van der Waals surface area contributed by atoms with E-state index in [2.05, 4.69) is 15.6 Å². The molecule has 2 aliphatic rings. The first-order valence-corrected chi connectivity index (χ1v) is 25.3. The topological polar surface area (TPSA) is 159 Å². The summed E-state index contributed by atoms with van der Waals surface area (Å²) in [6.45, 7) is 1.77. The molecule has 7 rings (SSSR count). The van der Waals surface area contributed by atoms with Crippen molar-refractivity contribution in [3.8, 4) is 22.8 Å². The number of nitrogens with zero attached hydrogens (tertiary/aromatic N) is 6. The van der Waals surface area contributed by atoms with Gasteiger partial charge in [-0.2, -0.15) is 0 Å². The van der Waals surface area contributed by atoms with Crippen LogP contribution in [0.15, 0.2) is 103 Å². The zero-order valence-corrected chi connectivity index (χ0v) is 43.6. The van der Waals surface area contributed by atoms with E-state index >= 15 is 14.0 Å². The van der Waals surface area contributed by atoms with E-state index in [-0.39, 0.29) is 62.1 Å². The molecule has 4 aromatic carbocycles. The summed E-state index contributed by atoms with van der Waals surface area (Å²) < 4.78 is 29.1. The summed E-state index contributed by atoms with van der Waals surface area (Å²) in [4.78, 5) is 84.8. The Morgan fingerprint density at radius 1 is 0.808 bits per heavy atom. The highest BCUT2D eigenvalue weighted by Gasteiger charge is 2.39. The first-order chi connectivity index (χ1) is 35.0. The Bertz CT molecular complexity index is 2700. The molecule has 0 unspecified atom stereocenters. The van der Waals surface area contributed by atoms with E-state index in [1.807, 2.05) is 91.4 Å². The molecule has 5 aromatic rings. The lowest BCUT2D eigenvalue weighted by atomic mass is 9.87. The van der Waals surface area contributed by atoms with Gasteiger partial charge in [-0.05, 0) is 100 Å². The smallest absolute Gasteiger partial charge is 0.247 e. The van der Waals surface area contributed by atoms with Gasteiger partial charge in [0.15, 0.2) is 0 Å². The number of likely N-dealkylation sites (N-methyl/N-ethyl adjacent to an activating group) is 2. The predicted molar refractivity (Wildman–Crippen MR) is 278 cm³/mol. The van der Waals surface area contributed by atoms with Crippen molar-refractivity contribution in [2.24, 2.45) is 13.0 Å². The highest BCUT2D eigenvalue weighted by molar-refractivity contribution is 6.30. The molecule has 388 valence electrons. The maximum Gasteiger partial charge on any atom is 0.247 e. The lowest BCUT2D eigenvalue weighted by Crippen LogP contribution is -2.58. The van der Waals surface area contributed by atoms with E-state index < -0.39 is 47.6 Å². The summed E-state index contributed by atoms with van der Waals surface area (Å²) in [5, 5.41) is 6.62. The second kappa shape index (κ2) is 24.9. The van der Waals surface area contributed by atoms with Crippen molar-refractivity contribution in [1.29, 1.82) is 0 Å². The van der Waals surface area contributed by atoms with Gasteiger partial charge in [-0.25, -0.2) is 9.37 Å². The molecule has 2 N–H and O–H groups in total. The van der Waals surface area contributed by atoms with Crippen LogP contribution in [0, 0.1) is 11.7 Å². The number of methoxy groups -OCH3 is 1. The maximum absolute atomic E-state index is 15.2. The number of carbonyl (C=O) groups excluding carboxylic acids is 5. The number of hydrogen-bond acceptors (Lipinski definition) is 9. The lowest BCUT2D eigenvalue weighted by Gasteiger charge is -2.40. The molecule has 2 fully saturated rings. The summed E-state index contributed by atoms with van der Waals surface area (Å²) in [6.07, 6.45) is 4.91. The molecule has 0 radical (unpaired) electrons. The SMILES string of the molecule is COC[C@@H]1NC(=O)[C@H](C)N(Cc2ccc(F)cc2Oc2ccc(-c3cnc(CN(C)C)n3C)cc2)C(=O)C[C@@H](Cc2ccccc2)C(=O)N(C)[C@H]2CCCC[C@@H]2NC(=O)C[C@H](Cc2ccc(Cl)cc2)N(C)C1=O. The van der Waals surface area contributed by atoms with Crippen molar-refractivity contribution in [3.63, 3.8) is 0 Å². The van der Waals surface area contributed by atoms with Crippen LogP contribution in [0.25, 0.3) is 11.3 Å². The van der Waals surface area contributed by atoms with Gasteiger partial charge >= 0.3 is 0 Å². The molecule has 15 nitrogen and oxygen atoms in total. The summed E-state index contributed by atoms with van der Waals surface area (Å²) >= 11 is 6.23. The van der Waals surface area contributed by atoms with Gasteiger partial charge in [0.1, 0.15) is 35.2 Å². The van der Waals surface area contributed by atoms with Crippen molar-refractivity contribution in [2.75, 3.05) is 41.9 Å². The monoisotopic (exact) mass is 1020 g/mol. The van der Waals surface area contributed by atoms with E-state index in [0.717, 1.165) is 41.1 Å². The third kappa shape index (κ3) is 13.9. The Hall–Kier alpha value is -6.62. The van der Waals surface area contributed by atoms with Gasteiger partial charge in [0.05, 0.1) is 43.5 Å². The van der Waals surface area contributed by atoms with Crippen LogP contribution in [0.4, 0.5) is 4.39 Å². The fourth-order valence-corrected chi connectivity index (χ4v) is 10.1. The van der Waals surface area contributed by atoms with Crippen molar-refractivity contribution in [1.82, 2.24) is 39.8 Å². The van der Waals surface area contributed by atoms with Gasteiger partial charge < -0.3 is 44.3 Å². The van der Waals surface area contributed by atoms with Crippen LogP contribution >= 0.6 is 11.6 Å². The number of imidazole rings is 1. The highest BCUT2D eigenvalue weighted by Crippen LogP contribution is 2.32. The number of fused-ring (bicyclic) bond motifs is 1. The number of aromatic nitrogens is 2. The van der Waals surface area contributed by atoms with E-state index in [4.69, 9.17) is 21.1 Å². The van der Waals surface area contributed by atoms with Crippen molar-refractivity contribution < 1.29 is 37.8 Å². The van der Waals surface area contributed by atoms with Crippen LogP contribution in [-0.2, 0) is 61.7 Å². The second-order valence-electron chi connectivity index (χ2n) is 19.7. The van der Waals surface area contributed by atoms with Crippen molar-refractivity contribution in [3.05, 3.63) is 137 Å². The molecule has 1 saturated heterocycles. The van der Waals surface area contributed by atoms with Crippen LogP contribution in [-0.4, -0.2) is 131 Å². The number of carbonyl (C=O) groups is 5. The maximum atomic E-state index is 15.2. The van der Waals surface area contributed by atoms with Gasteiger partial charge in [-0.15, -0.1) is 0 Å². The molecule has 1 aromatic heterocycles. The minimum Gasteiger partial charge on any atom is -0.457 e. The average Bonchev–Trinajstić information content (AvgIpc) is 3.73. The standard InChI is InChI=1S/C56H68ClFN8O7/c1-36-54(69)61-47(35-72-7)56(71)63(4)44(28-38-17-22-42(57)23-18-38)31-52(67)60-46-15-11-12-16-48(46)65(6)55(70)41(27-37-13-9-8-10-14-37)29-53(68)66(36)33-40-19-24-43(58)30-50(40)73-45-25-20-39(21-26-45)49-32-59-51(64(49)5)34-62(2)3/h8-10,13-14,17-26,30,32,36,41,44,46-48H,11-12,15-16,27-29,31,33-35H2,1-7H3,(H,60,67)(H,61,69)/t36-,41+,44-,46-,47-,48-/m0/s1. The number of nitrogens with one attached hydrogen (secondary N) is 2. The largest absolute Gasteiger partial charge is 0.457 e. The van der Waals surface area contributed by atoms with Crippen LogP contribution in [0.2, 0.25) is 5.02 Å². The molecule has 17 heteroatoms. The zero-order chi connectivity index (χ0) is 52.3. The normalized spacial score (nSPS) is 21.9. The highest BCUT2D eigenvalue weighted by atomic mass is 35.5. The Labute approximate surface area is 433 Å². The van der Waals surface area contributed by atoms with Crippen LogP contribution in [0.1, 0.15) is 68.0 Å². The van der Waals surface area contributed by atoms with Gasteiger partial charge in [0.25, 0.3) is 0 Å². The number of benzene rings is 4. The Kier molecular flexibility index (Phi) is 18.5. The van der Waals surface area contributed by atoms with Crippen molar-refractivity contribution in [2.45, 2.75) is 102 Å². The molecular weight excluding hydrogens is 951 g/mol. The van der Waals surface area contributed by atoms with Gasteiger partial charge in [-0.3, -0.25) is 24.0 Å². The van der Waals surface area contributed by atoms with Crippen molar-refractivity contribution >= 4 is 41.1 Å². The van der Waals surface area contributed by atoms with E-state index in [1.165, 1.54) is 35.1 Å². The minimum absolute atomic E-state index is 0.0663. The number of hydrogen-bond donors (Lipinski definition) is 2. The molecule has 73 heavy (non-hydrogen) atoms. The predicted octanol–water partition coefficient (Wildman–Crippen LogP) is 7.19. The first kappa shape index (κ1) is 54.2. The second-order valence-corrected chi connectivity index (χ2v) is 20.1. The molecule has 1 aliphatic carbocycles. The number of halogens is 2. The molecule has 0 spiro atoms. The molecular formula is C56H68ClFN8O7. The molecule has 1 aliphatic heterocycles. The summed E-state index contributed by atoms with van der Waals surface area (Å²) in [7, 11) is 10.6. The van der Waals surface area contributed by atoms with E-state index in [9.17, 15) is 14.4 Å². The molecule has 0 bridgehead atoms. The van der Waals surface area contributed by atoms with E-state index in [1.54, 1.807) is 50.2 Å². The third-order valence-electron chi connectivity index (χ3n) is 14.1. The van der Waals surface area contributed by atoms with Crippen LogP contribution in [0.3, 0.4) is 0 Å². The first-order valence-electron chi connectivity index (χ1n) is 24.9. The van der Waals surface area contributed by atoms with Gasteiger partial charge in [0.2, 0.25) is 29.5 Å². The molecule has 2 heterocycles. The fourth-order valence-electron chi connectivity index (χ4n) is 9.93. The molecule has 1 saturated carbocycles. The minimum atomic E-state index is -1.24. The van der Waals surface area contributed by atoms with Crippen LogP contribution < -0.4 is 15.4 Å². The van der Waals surface area contributed by atoms with Gasteiger partial charge in [0, 0.05) is 75.4 Å². The number of rotatable bonds is 13. The fraction of sp³-hybridized carbons (Fsp3) is 0.429. The molecule has 6 atom stereocenters. The third-order valence-corrected chi connectivity index (χ3v) is 14.4. The summed E-state index contributed by atoms with van der Waals surface area (Å²) in [5.74, 6) is -2.32. The molecule has 5 amide bonds. The van der Waals surface area contributed by atoms with Crippen LogP contribution in [0.5, 0.6) is 11.5 Å². The lowest BCUT2D eigenvalue weighted by molar-refractivity contribution is -0.147.